The summed E-state index contributed by atoms with van der Waals surface area (Å²) in [6.07, 6.45) is 11.9. The van der Waals surface area contributed by atoms with Crippen molar-refractivity contribution in [1.29, 1.82) is 0 Å². The van der Waals surface area contributed by atoms with Crippen LogP contribution in [0, 0.1) is 11.8 Å². The number of amides is 1. The van der Waals surface area contributed by atoms with Gasteiger partial charge in [0, 0.05) is 19.1 Å². The van der Waals surface area contributed by atoms with Crippen molar-refractivity contribution in [3.05, 3.63) is 20.8 Å². The van der Waals surface area contributed by atoms with Crippen molar-refractivity contribution in [2.45, 2.75) is 90.1 Å². The van der Waals surface area contributed by atoms with Crippen LogP contribution in [-0.2, 0) is 11.3 Å². The van der Waals surface area contributed by atoms with Gasteiger partial charge in [0.15, 0.2) is 5.69 Å². The van der Waals surface area contributed by atoms with Crippen LogP contribution in [0.25, 0.3) is 0 Å². The van der Waals surface area contributed by atoms with E-state index in [-0.39, 0.29) is 23.5 Å². The molecule has 1 amide bonds. The van der Waals surface area contributed by atoms with Gasteiger partial charge in [0.1, 0.15) is 5.82 Å². The van der Waals surface area contributed by atoms with Crippen molar-refractivity contribution in [1.82, 2.24) is 14.5 Å². The number of unbranched alkanes of at least 4 members (excludes halogenated alkanes) is 1. The molecule has 3 fully saturated rings. The van der Waals surface area contributed by atoms with Crippen molar-refractivity contribution in [3.63, 3.8) is 0 Å². The molecule has 1 aliphatic heterocycles. The summed E-state index contributed by atoms with van der Waals surface area (Å²) in [6, 6.07) is -0.0322. The molecule has 3 N–H and O–H groups in total. The number of nitrogens with one attached hydrogen (secondary N) is 1. The van der Waals surface area contributed by atoms with Crippen LogP contribution >= 0.6 is 0 Å². The topological polar surface area (TPSA) is 104 Å². The van der Waals surface area contributed by atoms with Gasteiger partial charge >= 0.3 is 5.69 Å². The van der Waals surface area contributed by atoms with E-state index in [2.05, 4.69) is 9.88 Å². The van der Waals surface area contributed by atoms with E-state index >= 15 is 0 Å². The van der Waals surface area contributed by atoms with E-state index in [0.29, 0.717) is 19.0 Å². The number of H-pyrrole nitrogens is 1. The van der Waals surface area contributed by atoms with Gasteiger partial charge in [-0.1, -0.05) is 45.4 Å². The van der Waals surface area contributed by atoms with Gasteiger partial charge in [0.05, 0.1) is 6.54 Å². The number of nitrogen functional groups attached to an aromatic ring is 1. The summed E-state index contributed by atoms with van der Waals surface area (Å²) in [5.41, 5.74) is 5.51. The quantitative estimate of drug-likeness (QED) is 0.671. The molecule has 2 saturated carbocycles. The summed E-state index contributed by atoms with van der Waals surface area (Å²) < 4.78 is 1.42. The third kappa shape index (κ3) is 4.80. The maximum absolute atomic E-state index is 13.7. The highest BCUT2D eigenvalue weighted by Gasteiger charge is 2.36. The van der Waals surface area contributed by atoms with Crippen LogP contribution in [0.5, 0.6) is 0 Å². The number of anilines is 2. The lowest BCUT2D eigenvalue weighted by atomic mass is 9.75. The molecule has 32 heavy (non-hydrogen) atoms. The second-order valence-corrected chi connectivity index (χ2v) is 10.0. The maximum Gasteiger partial charge on any atom is 0.330 e. The second-order valence-electron chi connectivity index (χ2n) is 10.0. The summed E-state index contributed by atoms with van der Waals surface area (Å²) in [5, 5.41) is 0. The van der Waals surface area contributed by atoms with Gasteiger partial charge in [0.2, 0.25) is 5.91 Å². The minimum atomic E-state index is -0.550. The zero-order chi connectivity index (χ0) is 22.7. The Kier molecular flexibility index (Phi) is 7.38. The fourth-order valence-electron chi connectivity index (χ4n) is 6.11. The second kappa shape index (κ2) is 10.2. The van der Waals surface area contributed by atoms with Crippen LogP contribution < -0.4 is 21.9 Å². The molecular weight excluding hydrogens is 406 g/mol. The molecule has 8 heteroatoms. The largest absolute Gasteiger partial charge is 0.383 e. The predicted octanol–water partition coefficient (Wildman–Crippen LogP) is 2.71. The Balaban J connectivity index is 1.60. The lowest BCUT2D eigenvalue weighted by Crippen LogP contribution is -2.51. The first-order valence-electron chi connectivity index (χ1n) is 12.7. The molecule has 0 unspecified atom stereocenters. The fraction of sp³-hybridized carbons (Fsp3) is 0.792. The van der Waals surface area contributed by atoms with Gasteiger partial charge in [-0.05, 0) is 50.5 Å². The van der Waals surface area contributed by atoms with E-state index in [9.17, 15) is 14.4 Å². The van der Waals surface area contributed by atoms with E-state index in [0.717, 1.165) is 64.0 Å². The zero-order valence-electron chi connectivity index (χ0n) is 19.5. The minimum absolute atomic E-state index is 0.0322. The van der Waals surface area contributed by atoms with Crippen molar-refractivity contribution in [2.24, 2.45) is 11.8 Å². The molecule has 3 aliphatic rings. The molecule has 1 aromatic heterocycles. The standard InChI is InChI=1S/C24H39N5O3/c1-2-3-13-28-22(25)21(23(31)26-24(28)32)29(19-10-6-7-11-19)20(30)16-27-14-12-17-8-4-5-9-18(17)15-27/h17-19H,2-16,25H2,1H3,(H,26,31,32)/t17-,18-/m1/s1. The van der Waals surface area contributed by atoms with Gasteiger partial charge in [-0.25, -0.2) is 4.79 Å². The molecular formula is C24H39N5O3. The van der Waals surface area contributed by atoms with Crippen LogP contribution in [0.15, 0.2) is 9.59 Å². The number of aromatic amines is 1. The summed E-state index contributed by atoms with van der Waals surface area (Å²) >= 11 is 0. The number of fused-ring (bicyclic) bond motifs is 1. The van der Waals surface area contributed by atoms with Gasteiger partial charge < -0.3 is 10.6 Å². The molecule has 2 atom stereocenters. The number of hydrogen-bond acceptors (Lipinski definition) is 5. The highest BCUT2D eigenvalue weighted by atomic mass is 16.2. The first-order chi connectivity index (χ1) is 15.5. The average molecular weight is 446 g/mol. The van der Waals surface area contributed by atoms with E-state index in [1.807, 2.05) is 6.92 Å². The number of carbonyl (C=O) groups excluding carboxylic acids is 1. The van der Waals surface area contributed by atoms with Gasteiger partial charge in [-0.15, -0.1) is 0 Å². The Hall–Kier alpha value is -2.09. The highest BCUT2D eigenvalue weighted by Crippen LogP contribution is 2.36. The Morgan fingerprint density at radius 2 is 1.75 bits per heavy atom. The van der Waals surface area contributed by atoms with Crippen molar-refractivity contribution in [3.8, 4) is 0 Å². The molecule has 4 rings (SSSR count). The molecule has 178 valence electrons. The van der Waals surface area contributed by atoms with E-state index in [1.165, 1.54) is 30.3 Å². The smallest absolute Gasteiger partial charge is 0.330 e. The lowest BCUT2D eigenvalue weighted by molar-refractivity contribution is -0.121. The number of nitrogens with two attached hydrogens (primary N) is 1. The number of likely N-dealkylation sites (tertiary alicyclic amines) is 1. The summed E-state index contributed by atoms with van der Waals surface area (Å²) in [4.78, 5) is 45.3. The number of piperidine rings is 1. The van der Waals surface area contributed by atoms with Gasteiger partial charge in [-0.2, -0.15) is 0 Å². The van der Waals surface area contributed by atoms with Crippen LogP contribution in [0.4, 0.5) is 11.5 Å². The zero-order valence-corrected chi connectivity index (χ0v) is 19.5. The van der Waals surface area contributed by atoms with E-state index in [4.69, 9.17) is 5.73 Å². The number of carbonyl (C=O) groups is 1. The van der Waals surface area contributed by atoms with Crippen LogP contribution in [-0.4, -0.2) is 46.0 Å². The number of rotatable bonds is 7. The summed E-state index contributed by atoms with van der Waals surface area (Å²) in [7, 11) is 0. The van der Waals surface area contributed by atoms with Crippen molar-refractivity contribution < 1.29 is 4.79 Å². The van der Waals surface area contributed by atoms with Crippen molar-refractivity contribution in [2.75, 3.05) is 30.3 Å². The Bertz CT molecular complexity index is 917. The number of aromatic nitrogens is 2. The average Bonchev–Trinajstić information content (AvgIpc) is 3.30. The Labute approximate surface area is 190 Å². The molecule has 1 aromatic rings. The molecule has 1 saturated heterocycles. The molecule has 0 radical (unpaired) electrons. The third-order valence-electron chi connectivity index (χ3n) is 7.88. The van der Waals surface area contributed by atoms with E-state index in [1.54, 1.807) is 4.90 Å². The molecule has 0 spiro atoms. The molecule has 0 bridgehead atoms. The normalized spacial score (nSPS) is 24.4. The highest BCUT2D eigenvalue weighted by molar-refractivity contribution is 5.97. The molecule has 2 heterocycles. The maximum atomic E-state index is 13.7. The first kappa shape index (κ1) is 23.1. The number of nitrogens with zero attached hydrogens (tertiary/aromatic N) is 3. The number of hydrogen-bond donors (Lipinski definition) is 2. The Morgan fingerprint density at radius 1 is 1.06 bits per heavy atom. The third-order valence-corrected chi connectivity index (χ3v) is 7.88. The van der Waals surface area contributed by atoms with E-state index < -0.39 is 11.2 Å². The lowest BCUT2D eigenvalue weighted by Gasteiger charge is -2.41. The van der Waals surface area contributed by atoms with Crippen LogP contribution in [0.3, 0.4) is 0 Å². The predicted molar refractivity (Wildman–Crippen MR) is 127 cm³/mol. The SMILES string of the molecule is CCCCn1c(N)c(N(C(=O)CN2CC[C@H]3CCCC[C@@H]3C2)C2CCCC2)c(=O)[nH]c1=O. The van der Waals surface area contributed by atoms with Gasteiger partial charge in [0.25, 0.3) is 5.56 Å². The first-order valence-corrected chi connectivity index (χ1v) is 12.7. The van der Waals surface area contributed by atoms with Crippen LogP contribution in [0.1, 0.15) is 77.6 Å². The monoisotopic (exact) mass is 445 g/mol. The van der Waals surface area contributed by atoms with Crippen LogP contribution in [0.2, 0.25) is 0 Å². The molecule has 8 nitrogen and oxygen atoms in total. The summed E-state index contributed by atoms with van der Waals surface area (Å²) in [6.45, 7) is 4.70. The molecule has 0 aromatic carbocycles. The van der Waals surface area contributed by atoms with Gasteiger partial charge in [-0.3, -0.25) is 24.0 Å². The Morgan fingerprint density at radius 3 is 2.47 bits per heavy atom. The fourth-order valence-corrected chi connectivity index (χ4v) is 6.11. The minimum Gasteiger partial charge on any atom is -0.383 e. The summed E-state index contributed by atoms with van der Waals surface area (Å²) in [5.74, 6) is 1.55. The van der Waals surface area contributed by atoms with Crippen molar-refractivity contribution >= 4 is 17.4 Å². The molecule has 2 aliphatic carbocycles.